The third-order valence-electron chi connectivity index (χ3n) is 4.75. The summed E-state index contributed by atoms with van der Waals surface area (Å²) in [5, 5.41) is 0. The lowest BCUT2D eigenvalue weighted by molar-refractivity contribution is 0.199. The molecule has 106 valence electrons. The first-order chi connectivity index (χ1) is 9.14. The first-order valence-electron chi connectivity index (χ1n) is 7.23. The number of halogens is 1. The third-order valence-corrected chi connectivity index (χ3v) is 5.19. The summed E-state index contributed by atoms with van der Waals surface area (Å²) in [4.78, 5) is 6.97. The van der Waals surface area contributed by atoms with Gasteiger partial charge < -0.3 is 10.6 Å². The van der Waals surface area contributed by atoms with Gasteiger partial charge in [-0.05, 0) is 40.3 Å². The van der Waals surface area contributed by atoms with E-state index >= 15 is 0 Å². The Morgan fingerprint density at radius 2 is 1.95 bits per heavy atom. The highest BCUT2D eigenvalue weighted by Gasteiger charge is 2.32. The number of anilines is 1. The van der Waals surface area contributed by atoms with E-state index in [-0.39, 0.29) is 0 Å². The summed E-state index contributed by atoms with van der Waals surface area (Å²) in [6.45, 7) is 7.39. The van der Waals surface area contributed by atoms with E-state index in [4.69, 9.17) is 5.73 Å². The molecule has 0 amide bonds. The maximum Gasteiger partial charge on any atom is 0.133 e. The van der Waals surface area contributed by atoms with Crippen LogP contribution < -0.4 is 10.6 Å². The summed E-state index contributed by atoms with van der Waals surface area (Å²) in [5.41, 5.74) is 7.53. The van der Waals surface area contributed by atoms with Crippen molar-refractivity contribution in [3.8, 4) is 0 Å². The van der Waals surface area contributed by atoms with Gasteiger partial charge in [-0.1, -0.05) is 26.7 Å². The summed E-state index contributed by atoms with van der Waals surface area (Å²) in [6.07, 6.45) is 6.98. The molecule has 0 radical (unpaired) electrons. The van der Waals surface area contributed by atoms with E-state index in [2.05, 4.69) is 45.7 Å². The van der Waals surface area contributed by atoms with Crippen LogP contribution in [0.25, 0.3) is 0 Å². The number of aromatic nitrogens is 1. The normalized spacial score (nSPS) is 18.6. The lowest BCUT2D eigenvalue weighted by Gasteiger charge is -2.42. The van der Waals surface area contributed by atoms with Crippen LogP contribution in [0.15, 0.2) is 16.7 Å². The topological polar surface area (TPSA) is 42.2 Å². The molecule has 0 spiro atoms. The molecule has 2 rings (SSSR count). The molecule has 3 nitrogen and oxygen atoms in total. The molecule has 2 N–H and O–H groups in total. The van der Waals surface area contributed by atoms with Crippen molar-refractivity contribution >= 4 is 21.7 Å². The van der Waals surface area contributed by atoms with Crippen LogP contribution in [0.2, 0.25) is 0 Å². The Kier molecular flexibility index (Phi) is 4.85. The second-order valence-electron chi connectivity index (χ2n) is 5.53. The van der Waals surface area contributed by atoms with E-state index in [0.717, 1.165) is 28.9 Å². The summed E-state index contributed by atoms with van der Waals surface area (Å²) in [5.74, 6) is 1.08. The molecular formula is C15H24BrN3. The van der Waals surface area contributed by atoms with Crippen LogP contribution in [0, 0.1) is 5.41 Å². The van der Waals surface area contributed by atoms with E-state index in [0.29, 0.717) is 12.0 Å². The van der Waals surface area contributed by atoms with Crippen LogP contribution in [0.1, 0.15) is 45.1 Å². The lowest BCUT2D eigenvalue weighted by atomic mass is 9.74. The molecule has 0 bridgehead atoms. The first kappa shape index (κ1) is 14.8. The zero-order valence-corrected chi connectivity index (χ0v) is 13.5. The molecule has 19 heavy (non-hydrogen) atoms. The van der Waals surface area contributed by atoms with Gasteiger partial charge in [0.2, 0.25) is 0 Å². The summed E-state index contributed by atoms with van der Waals surface area (Å²) in [7, 11) is 0. The molecule has 1 saturated heterocycles. The first-order valence-corrected chi connectivity index (χ1v) is 8.03. The molecule has 1 aliphatic rings. The van der Waals surface area contributed by atoms with Crippen molar-refractivity contribution in [3.05, 3.63) is 22.3 Å². The fourth-order valence-corrected chi connectivity index (χ4v) is 3.44. The quantitative estimate of drug-likeness (QED) is 0.917. The molecular weight excluding hydrogens is 302 g/mol. The van der Waals surface area contributed by atoms with Gasteiger partial charge in [-0.3, -0.25) is 0 Å². The molecule has 1 aliphatic heterocycles. The Morgan fingerprint density at radius 3 is 2.47 bits per heavy atom. The highest BCUT2D eigenvalue weighted by Crippen LogP contribution is 2.39. The van der Waals surface area contributed by atoms with Crippen LogP contribution in [0.4, 0.5) is 5.82 Å². The number of piperidine rings is 1. The molecule has 0 saturated carbocycles. The van der Waals surface area contributed by atoms with Gasteiger partial charge in [-0.2, -0.15) is 0 Å². The fraction of sp³-hybridized carbons (Fsp3) is 0.667. The monoisotopic (exact) mass is 325 g/mol. The average Bonchev–Trinajstić information content (AvgIpc) is 2.47. The van der Waals surface area contributed by atoms with Crippen molar-refractivity contribution in [1.29, 1.82) is 0 Å². The number of hydrogen-bond donors (Lipinski definition) is 1. The van der Waals surface area contributed by atoms with Crippen LogP contribution in [0.5, 0.6) is 0 Å². The predicted octanol–water partition coefficient (Wildman–Crippen LogP) is 3.71. The molecule has 0 unspecified atom stereocenters. The Labute approximate surface area is 124 Å². The van der Waals surface area contributed by atoms with Gasteiger partial charge in [-0.15, -0.1) is 0 Å². The summed E-state index contributed by atoms with van der Waals surface area (Å²) >= 11 is 3.47. The number of rotatable bonds is 4. The molecule has 2 heterocycles. The highest BCUT2D eigenvalue weighted by molar-refractivity contribution is 9.10. The van der Waals surface area contributed by atoms with Crippen molar-refractivity contribution in [3.63, 3.8) is 0 Å². The molecule has 0 atom stereocenters. The Morgan fingerprint density at radius 1 is 1.32 bits per heavy atom. The molecule has 0 aliphatic carbocycles. The van der Waals surface area contributed by atoms with Crippen molar-refractivity contribution in [1.82, 2.24) is 4.98 Å². The smallest absolute Gasteiger partial charge is 0.133 e. The van der Waals surface area contributed by atoms with Crippen molar-refractivity contribution in [2.45, 2.75) is 46.1 Å². The van der Waals surface area contributed by atoms with Gasteiger partial charge in [0, 0.05) is 35.9 Å². The Bertz CT molecular complexity index is 419. The van der Waals surface area contributed by atoms with E-state index in [1.54, 1.807) is 0 Å². The van der Waals surface area contributed by atoms with Gasteiger partial charge in [0.05, 0.1) is 0 Å². The lowest BCUT2D eigenvalue weighted by Crippen LogP contribution is -2.40. The Balaban J connectivity index is 2.13. The third kappa shape index (κ3) is 3.11. The van der Waals surface area contributed by atoms with Crippen molar-refractivity contribution < 1.29 is 0 Å². The Hall–Kier alpha value is -0.610. The van der Waals surface area contributed by atoms with E-state index in [9.17, 15) is 0 Å². The van der Waals surface area contributed by atoms with Gasteiger partial charge in [-0.25, -0.2) is 4.98 Å². The second kappa shape index (κ2) is 6.23. The largest absolute Gasteiger partial charge is 0.356 e. The number of nitrogens with two attached hydrogens (primary N) is 1. The molecule has 1 fully saturated rings. The predicted molar refractivity (Wildman–Crippen MR) is 84.3 cm³/mol. The van der Waals surface area contributed by atoms with Crippen molar-refractivity contribution in [2.75, 3.05) is 18.0 Å². The van der Waals surface area contributed by atoms with Gasteiger partial charge in [0.15, 0.2) is 0 Å². The molecule has 0 aromatic carbocycles. The zero-order chi connectivity index (χ0) is 13.9. The highest BCUT2D eigenvalue weighted by atomic mass is 79.9. The van der Waals surface area contributed by atoms with Crippen LogP contribution in [-0.4, -0.2) is 18.1 Å². The summed E-state index contributed by atoms with van der Waals surface area (Å²) in [6, 6.07) is 2.09. The maximum atomic E-state index is 5.84. The van der Waals surface area contributed by atoms with E-state index in [1.165, 1.54) is 25.7 Å². The summed E-state index contributed by atoms with van der Waals surface area (Å²) < 4.78 is 1.00. The zero-order valence-electron chi connectivity index (χ0n) is 12.0. The average molecular weight is 326 g/mol. The van der Waals surface area contributed by atoms with Gasteiger partial charge in [0.25, 0.3) is 0 Å². The van der Waals surface area contributed by atoms with Crippen LogP contribution in [-0.2, 0) is 6.54 Å². The maximum absolute atomic E-state index is 5.84. The van der Waals surface area contributed by atoms with E-state index in [1.807, 2.05) is 6.20 Å². The van der Waals surface area contributed by atoms with E-state index < -0.39 is 0 Å². The second-order valence-corrected chi connectivity index (χ2v) is 6.45. The minimum atomic E-state index is 0.547. The van der Waals surface area contributed by atoms with Gasteiger partial charge >= 0.3 is 0 Å². The molecule has 1 aromatic heterocycles. The SMILES string of the molecule is CCC1(CC)CCN(c2ncc(Br)cc2CN)CC1. The minimum absolute atomic E-state index is 0.547. The van der Waals surface area contributed by atoms with Gasteiger partial charge in [0.1, 0.15) is 5.82 Å². The van der Waals surface area contributed by atoms with Crippen molar-refractivity contribution in [2.24, 2.45) is 11.1 Å². The molecule has 1 aromatic rings. The number of hydrogen-bond acceptors (Lipinski definition) is 3. The fourth-order valence-electron chi connectivity index (χ4n) is 3.06. The minimum Gasteiger partial charge on any atom is -0.356 e. The van der Waals surface area contributed by atoms with Crippen LogP contribution in [0.3, 0.4) is 0 Å². The number of nitrogens with zero attached hydrogens (tertiary/aromatic N) is 2. The number of pyridine rings is 1. The standard InChI is InChI=1S/C15H24BrN3/c1-3-15(4-2)5-7-19(8-6-15)14-12(10-17)9-13(16)11-18-14/h9,11H,3-8,10,17H2,1-2H3. The molecule has 4 heteroatoms. The van der Waals surface area contributed by atoms with Crippen LogP contribution >= 0.6 is 15.9 Å².